The summed E-state index contributed by atoms with van der Waals surface area (Å²) < 4.78 is 0. The zero-order valence-corrected chi connectivity index (χ0v) is 14.4. The van der Waals surface area contributed by atoms with Gasteiger partial charge in [-0.05, 0) is 55.6 Å². The Morgan fingerprint density at radius 2 is 2.00 bits per heavy atom. The van der Waals surface area contributed by atoms with E-state index in [1.165, 1.54) is 12.0 Å². The molecule has 0 spiro atoms. The third kappa shape index (κ3) is 5.33. The fourth-order valence-corrected chi connectivity index (χ4v) is 3.55. The van der Waals surface area contributed by atoms with E-state index in [1.54, 1.807) is 11.8 Å². The van der Waals surface area contributed by atoms with E-state index in [0.717, 1.165) is 50.4 Å². The van der Waals surface area contributed by atoms with Crippen LogP contribution in [0.25, 0.3) is 0 Å². The molecule has 22 heavy (non-hydrogen) atoms. The van der Waals surface area contributed by atoms with Crippen LogP contribution in [0.4, 0.5) is 0 Å². The molecular weight excluding hydrogens is 292 g/mol. The van der Waals surface area contributed by atoms with Crippen LogP contribution >= 0.6 is 11.8 Å². The molecule has 1 aromatic rings. The number of hydrogen-bond donors (Lipinski definition) is 1. The third-order valence-electron chi connectivity index (χ3n) is 4.56. The van der Waals surface area contributed by atoms with E-state index in [-0.39, 0.29) is 11.9 Å². The lowest BCUT2D eigenvalue weighted by Crippen LogP contribution is -2.47. The lowest BCUT2D eigenvalue weighted by atomic mass is 9.90. The van der Waals surface area contributed by atoms with Crippen LogP contribution in [-0.2, 0) is 11.2 Å². The Hall–Kier alpha value is -1.00. The fraction of sp³-hybridized carbons (Fsp3) is 0.611. The first kappa shape index (κ1) is 17.4. The van der Waals surface area contributed by atoms with Crippen molar-refractivity contribution in [3.63, 3.8) is 0 Å². The van der Waals surface area contributed by atoms with E-state index >= 15 is 0 Å². The second-order valence-electron chi connectivity index (χ2n) is 6.18. The number of benzene rings is 1. The highest BCUT2D eigenvalue weighted by Crippen LogP contribution is 2.23. The molecule has 1 fully saturated rings. The second kappa shape index (κ2) is 9.21. The number of nitrogens with zero attached hydrogens (tertiary/aromatic N) is 1. The lowest BCUT2D eigenvalue weighted by molar-refractivity contribution is -0.134. The summed E-state index contributed by atoms with van der Waals surface area (Å²) in [5.41, 5.74) is 7.42. The number of likely N-dealkylation sites (tertiary alicyclic amines) is 1. The van der Waals surface area contributed by atoms with Crippen LogP contribution in [0.15, 0.2) is 30.3 Å². The second-order valence-corrected chi connectivity index (χ2v) is 7.17. The zero-order chi connectivity index (χ0) is 15.8. The molecule has 1 aliphatic rings. The minimum atomic E-state index is -0.312. The Morgan fingerprint density at radius 3 is 2.64 bits per heavy atom. The number of carbonyl (C=O) groups excluding carboxylic acids is 1. The SMILES string of the molecule is CSCCC(N)C(=O)N1CCC(CCc2ccccc2)CC1. The Kier molecular flexibility index (Phi) is 7.26. The number of thioether (sulfide) groups is 1. The molecule has 4 heteroatoms. The van der Waals surface area contributed by atoms with Gasteiger partial charge in [0.1, 0.15) is 0 Å². The molecule has 2 N–H and O–H groups in total. The number of amides is 1. The van der Waals surface area contributed by atoms with E-state index < -0.39 is 0 Å². The van der Waals surface area contributed by atoms with Gasteiger partial charge in [0.15, 0.2) is 0 Å². The molecule has 1 amide bonds. The number of rotatable bonds is 7. The third-order valence-corrected chi connectivity index (χ3v) is 5.20. The van der Waals surface area contributed by atoms with Crippen LogP contribution in [-0.4, -0.2) is 41.9 Å². The molecule has 1 unspecified atom stereocenters. The molecule has 0 saturated carbocycles. The maximum absolute atomic E-state index is 12.3. The van der Waals surface area contributed by atoms with Crippen LogP contribution in [0, 0.1) is 5.92 Å². The highest BCUT2D eigenvalue weighted by Gasteiger charge is 2.25. The van der Waals surface area contributed by atoms with Gasteiger partial charge in [-0.25, -0.2) is 0 Å². The molecule has 1 aliphatic heterocycles. The summed E-state index contributed by atoms with van der Waals surface area (Å²) in [6.45, 7) is 1.76. The van der Waals surface area contributed by atoms with Gasteiger partial charge in [0, 0.05) is 13.1 Å². The number of nitrogens with two attached hydrogens (primary N) is 1. The molecule has 1 aromatic carbocycles. The van der Waals surface area contributed by atoms with Gasteiger partial charge >= 0.3 is 0 Å². The van der Waals surface area contributed by atoms with Crippen molar-refractivity contribution in [1.82, 2.24) is 4.90 Å². The van der Waals surface area contributed by atoms with Crippen LogP contribution in [0.3, 0.4) is 0 Å². The van der Waals surface area contributed by atoms with E-state index in [9.17, 15) is 4.79 Å². The summed E-state index contributed by atoms with van der Waals surface area (Å²) in [5.74, 6) is 1.85. The fourth-order valence-electron chi connectivity index (χ4n) is 3.06. The normalized spacial score (nSPS) is 17.5. The maximum Gasteiger partial charge on any atom is 0.239 e. The van der Waals surface area contributed by atoms with Gasteiger partial charge in [0.2, 0.25) is 5.91 Å². The lowest BCUT2D eigenvalue weighted by Gasteiger charge is -2.33. The summed E-state index contributed by atoms with van der Waals surface area (Å²) in [4.78, 5) is 14.3. The Morgan fingerprint density at radius 1 is 1.32 bits per heavy atom. The van der Waals surface area contributed by atoms with Gasteiger partial charge in [0.05, 0.1) is 6.04 Å². The minimum Gasteiger partial charge on any atom is -0.341 e. The first-order chi connectivity index (χ1) is 10.7. The number of aryl methyl sites for hydroxylation is 1. The number of carbonyl (C=O) groups is 1. The minimum absolute atomic E-state index is 0.149. The van der Waals surface area contributed by atoms with Crippen LogP contribution in [0.5, 0.6) is 0 Å². The average molecular weight is 321 g/mol. The highest BCUT2D eigenvalue weighted by atomic mass is 32.2. The standard InChI is InChI=1S/C18H28N2OS/c1-22-14-11-17(19)18(21)20-12-9-16(10-13-20)8-7-15-5-3-2-4-6-15/h2-6,16-17H,7-14,19H2,1H3. The molecule has 122 valence electrons. The molecule has 0 aliphatic carbocycles. The number of piperidine rings is 1. The first-order valence-electron chi connectivity index (χ1n) is 8.28. The van der Waals surface area contributed by atoms with Crippen molar-refractivity contribution in [2.24, 2.45) is 11.7 Å². The Bertz CT molecular complexity index is 444. The highest BCUT2D eigenvalue weighted by molar-refractivity contribution is 7.98. The van der Waals surface area contributed by atoms with Crippen molar-refractivity contribution >= 4 is 17.7 Å². The predicted molar refractivity (Wildman–Crippen MR) is 95.0 cm³/mol. The quantitative estimate of drug-likeness (QED) is 0.840. The molecule has 3 nitrogen and oxygen atoms in total. The Balaban J connectivity index is 1.70. The van der Waals surface area contributed by atoms with Crippen molar-refractivity contribution in [3.05, 3.63) is 35.9 Å². The van der Waals surface area contributed by atoms with E-state index in [1.807, 2.05) is 4.90 Å². The van der Waals surface area contributed by atoms with E-state index in [0.29, 0.717) is 0 Å². The van der Waals surface area contributed by atoms with Gasteiger partial charge in [0.25, 0.3) is 0 Å². The molecule has 1 saturated heterocycles. The van der Waals surface area contributed by atoms with Crippen LogP contribution in [0.2, 0.25) is 0 Å². The molecule has 2 rings (SSSR count). The van der Waals surface area contributed by atoms with Crippen molar-refractivity contribution in [3.8, 4) is 0 Å². The molecule has 1 heterocycles. The van der Waals surface area contributed by atoms with Crippen molar-refractivity contribution in [2.75, 3.05) is 25.1 Å². The smallest absolute Gasteiger partial charge is 0.239 e. The predicted octanol–water partition coefficient (Wildman–Crippen LogP) is 2.94. The van der Waals surface area contributed by atoms with Gasteiger partial charge in [-0.15, -0.1) is 0 Å². The molecule has 0 bridgehead atoms. The monoisotopic (exact) mass is 320 g/mol. The zero-order valence-electron chi connectivity index (χ0n) is 13.5. The summed E-state index contributed by atoms with van der Waals surface area (Å²) in [7, 11) is 0. The van der Waals surface area contributed by atoms with E-state index in [4.69, 9.17) is 5.73 Å². The first-order valence-corrected chi connectivity index (χ1v) is 9.67. The van der Waals surface area contributed by atoms with Crippen LogP contribution < -0.4 is 5.73 Å². The topological polar surface area (TPSA) is 46.3 Å². The van der Waals surface area contributed by atoms with Gasteiger partial charge in [-0.1, -0.05) is 30.3 Å². The average Bonchev–Trinajstić information content (AvgIpc) is 2.58. The summed E-state index contributed by atoms with van der Waals surface area (Å²) in [6, 6.07) is 10.4. The molecule has 1 atom stereocenters. The summed E-state index contributed by atoms with van der Waals surface area (Å²) in [6.07, 6.45) is 7.45. The van der Waals surface area contributed by atoms with Gasteiger partial charge in [-0.2, -0.15) is 11.8 Å². The molecule has 0 radical (unpaired) electrons. The van der Waals surface area contributed by atoms with Crippen molar-refractivity contribution in [1.29, 1.82) is 0 Å². The number of hydrogen-bond acceptors (Lipinski definition) is 3. The van der Waals surface area contributed by atoms with Gasteiger partial charge < -0.3 is 10.6 Å². The van der Waals surface area contributed by atoms with Crippen LogP contribution in [0.1, 0.15) is 31.2 Å². The maximum atomic E-state index is 12.3. The summed E-state index contributed by atoms with van der Waals surface area (Å²) in [5, 5.41) is 0. The van der Waals surface area contributed by atoms with Crippen molar-refractivity contribution in [2.45, 2.75) is 38.1 Å². The summed E-state index contributed by atoms with van der Waals surface area (Å²) >= 11 is 1.75. The van der Waals surface area contributed by atoms with Crippen molar-refractivity contribution < 1.29 is 4.79 Å². The van der Waals surface area contributed by atoms with E-state index in [2.05, 4.69) is 36.6 Å². The molecular formula is C18H28N2OS. The Labute approximate surface area is 138 Å². The largest absolute Gasteiger partial charge is 0.341 e. The van der Waals surface area contributed by atoms with Gasteiger partial charge in [-0.3, -0.25) is 4.79 Å². The molecule has 0 aromatic heterocycles.